The van der Waals surface area contributed by atoms with Gasteiger partial charge in [-0.15, -0.1) is 0 Å². The number of alkyl carbamates (subject to hydrolysis) is 2. The summed E-state index contributed by atoms with van der Waals surface area (Å²) in [6, 6.07) is 12.3. The average Bonchev–Trinajstić information content (AvgIpc) is 4.01. The van der Waals surface area contributed by atoms with Gasteiger partial charge in [0.25, 0.3) is 20.0 Å². The van der Waals surface area contributed by atoms with E-state index in [4.69, 9.17) is 32.5 Å². The summed E-state index contributed by atoms with van der Waals surface area (Å²) in [6.45, 7) is 9.59. The van der Waals surface area contributed by atoms with E-state index in [9.17, 15) is 55.5 Å². The Hall–Kier alpha value is -7.72. The normalized spacial score (nSPS) is 15.4. The Balaban J connectivity index is 1.45. The van der Waals surface area contributed by atoms with E-state index in [1.165, 1.54) is 36.1 Å². The Kier molecular flexibility index (Phi) is 25.6. The average molecular weight is 1200 g/mol. The van der Waals surface area contributed by atoms with Gasteiger partial charge in [-0.1, -0.05) is 65.2 Å². The number of aryl methyl sites for hydroxylation is 2. The quantitative estimate of drug-likeness (QED) is 0.0284. The molecule has 0 aliphatic carbocycles. The van der Waals surface area contributed by atoms with Gasteiger partial charge in [0.1, 0.15) is 42.4 Å². The minimum Gasteiger partial charge on any atom is -0.480 e. The number of ether oxygens (including phenoxy) is 2. The van der Waals surface area contributed by atoms with Crippen LogP contribution in [0.1, 0.15) is 102 Å². The fourth-order valence-corrected chi connectivity index (χ4v) is 10.1. The monoisotopic (exact) mass is 1200 g/mol. The number of rotatable bonds is 28. The van der Waals surface area contributed by atoms with Crippen molar-refractivity contribution in [1.82, 2.24) is 40.9 Å². The van der Waals surface area contributed by atoms with Crippen molar-refractivity contribution in [2.24, 2.45) is 21.5 Å². The molecular formula is C53H75ClN12O14S2. The van der Waals surface area contributed by atoms with Gasteiger partial charge in [-0.3, -0.25) is 29.2 Å². The number of carbonyl (C=O) groups is 7. The van der Waals surface area contributed by atoms with Crippen LogP contribution in [0.5, 0.6) is 0 Å². The number of aliphatic carboxylic acids is 1. The van der Waals surface area contributed by atoms with Crippen LogP contribution in [-0.4, -0.2) is 143 Å². The number of hydrogen-bond donors (Lipinski definition) is 10. The molecule has 5 atom stereocenters. The van der Waals surface area contributed by atoms with Gasteiger partial charge < -0.3 is 57.5 Å². The molecule has 1 aliphatic rings. The number of nitrogens with two attached hydrogens (primary N) is 2. The lowest BCUT2D eigenvalue weighted by Gasteiger charge is -2.30. The Labute approximate surface area is 482 Å². The molecule has 0 bridgehead atoms. The van der Waals surface area contributed by atoms with Crippen LogP contribution in [0.3, 0.4) is 0 Å². The molecule has 1 heterocycles. The van der Waals surface area contributed by atoms with Crippen molar-refractivity contribution in [3.63, 3.8) is 0 Å². The Morgan fingerprint density at radius 3 is 1.77 bits per heavy atom. The van der Waals surface area contributed by atoms with Crippen molar-refractivity contribution in [3.05, 3.63) is 94.5 Å². The van der Waals surface area contributed by atoms with Gasteiger partial charge in [-0.05, 0) is 130 Å². The highest BCUT2D eigenvalue weighted by atomic mass is 35.5. The Morgan fingerprint density at radius 2 is 1.23 bits per heavy atom. The second kappa shape index (κ2) is 31.5. The van der Waals surface area contributed by atoms with Crippen molar-refractivity contribution >= 4 is 85.4 Å². The number of nitrogens with one attached hydrogen (secondary N) is 7. The van der Waals surface area contributed by atoms with Crippen molar-refractivity contribution in [2.75, 3.05) is 26.2 Å². The van der Waals surface area contributed by atoms with E-state index in [0.29, 0.717) is 23.4 Å². The number of halogens is 1. The van der Waals surface area contributed by atoms with E-state index in [1.54, 1.807) is 83.1 Å². The van der Waals surface area contributed by atoms with Crippen molar-refractivity contribution in [3.8, 4) is 0 Å². The molecule has 0 spiro atoms. The summed E-state index contributed by atoms with van der Waals surface area (Å²) in [5, 5.41) is 23.1. The molecule has 1 aliphatic heterocycles. The number of guanidine groups is 2. The highest BCUT2D eigenvalue weighted by Gasteiger charge is 2.39. The molecule has 0 unspecified atom stereocenters. The smallest absolute Gasteiger partial charge is 0.408 e. The number of nitrogens with zero attached hydrogens (tertiary/aromatic N) is 3. The highest BCUT2D eigenvalue weighted by molar-refractivity contribution is 7.90. The molecular weight excluding hydrogens is 1130 g/mol. The summed E-state index contributed by atoms with van der Waals surface area (Å²) in [7, 11) is -8.20. The molecule has 0 aromatic heterocycles. The van der Waals surface area contributed by atoms with Gasteiger partial charge in [0, 0.05) is 36.8 Å². The lowest BCUT2D eigenvalue weighted by molar-refractivity contribution is -0.143. The molecule has 26 nitrogen and oxygen atoms in total. The second-order valence-corrected chi connectivity index (χ2v) is 24.1. The summed E-state index contributed by atoms with van der Waals surface area (Å²) in [6.07, 6.45) is -0.851. The third kappa shape index (κ3) is 22.7. The third-order valence-corrected chi connectivity index (χ3v) is 15.4. The molecule has 1 fully saturated rings. The molecule has 6 amide bonds. The lowest BCUT2D eigenvalue weighted by atomic mass is 10.1. The molecule has 3 aromatic rings. The third-order valence-electron chi connectivity index (χ3n) is 12.3. The number of amides is 6. The van der Waals surface area contributed by atoms with Crippen LogP contribution in [0.2, 0.25) is 5.02 Å². The topological polar surface area (TPSA) is 391 Å². The van der Waals surface area contributed by atoms with Gasteiger partial charge in [-0.2, -0.15) is 0 Å². The molecule has 29 heteroatoms. The van der Waals surface area contributed by atoms with Crippen LogP contribution < -0.4 is 47.5 Å². The summed E-state index contributed by atoms with van der Waals surface area (Å²) < 4.78 is 66.7. The number of carboxylic acids is 1. The first-order valence-corrected chi connectivity index (χ1v) is 29.8. The van der Waals surface area contributed by atoms with Crippen LogP contribution in [0.15, 0.2) is 92.6 Å². The number of benzene rings is 3. The van der Waals surface area contributed by atoms with Crippen LogP contribution in [0.25, 0.3) is 0 Å². The number of sulfonamides is 2. The maximum atomic E-state index is 14.6. The molecule has 12 N–H and O–H groups in total. The van der Waals surface area contributed by atoms with Crippen LogP contribution >= 0.6 is 11.6 Å². The molecule has 0 radical (unpaired) electrons. The number of likely N-dealkylation sites (tertiary alicyclic amines) is 1. The number of hydrogen-bond acceptors (Lipinski definition) is 15. The van der Waals surface area contributed by atoms with E-state index in [2.05, 4.69) is 46.0 Å². The van der Waals surface area contributed by atoms with Crippen molar-refractivity contribution in [1.29, 1.82) is 0 Å². The summed E-state index contributed by atoms with van der Waals surface area (Å²) in [4.78, 5) is 103. The zero-order valence-electron chi connectivity index (χ0n) is 46.7. The summed E-state index contributed by atoms with van der Waals surface area (Å²) in [5.41, 5.74) is 13.2. The van der Waals surface area contributed by atoms with E-state index in [0.717, 1.165) is 11.1 Å². The largest absolute Gasteiger partial charge is 0.480 e. The van der Waals surface area contributed by atoms with Crippen molar-refractivity contribution in [2.45, 2.75) is 152 Å². The maximum absolute atomic E-state index is 14.6. The zero-order chi connectivity index (χ0) is 60.8. The summed E-state index contributed by atoms with van der Waals surface area (Å²) >= 11 is 6.10. The predicted octanol–water partition coefficient (Wildman–Crippen LogP) is 2.94. The number of unbranched alkanes of at least 4 members (excludes halogenated alkanes) is 1. The van der Waals surface area contributed by atoms with E-state index in [1.807, 2.05) is 0 Å². The SMILES string of the molecule is Cc1ccc(S(=O)(=O)NC(N)=NCCC[C@H](NC(=O)OC(C)(C)C)C(=O)N[C@@H](CCCN=C(N)NS(=O)(=O)c2ccc(C)cc2)C(=O)N2CCC[C@H]2C(=O)N[C@@H](C)C(=O)N[C@@H](CCCCNC(=O)OCc2ccccc2Cl)C(=O)O)cc1. The standard InChI is InChI=1S/C53H75ClN12O14S2/c1-33-20-24-37(25-21-33)81(75,76)64-49(55)57-29-11-17-40(63-52(74)80-53(4,5)6)45(68)61-41(18-12-30-58-50(56)65-82(77,78)38-26-22-34(2)23-27-38)47(70)66-31-13-19-43(66)46(69)60-35(3)44(67)62-42(48(71)72)16-9-10-28-59-51(73)79-32-36-14-7-8-15-39(36)54/h7-8,14-15,20-27,35,40-43H,9-13,16-19,28-32H2,1-6H3,(H,59,73)(H,60,69)(H,61,68)(H,62,67)(H,63,74)(H,71,72)(H3,55,57,64)(H3,56,58,65)/t35-,40-,41-,42-,43-/m0/s1. The number of aliphatic imine (C=N–C) groups is 2. The van der Waals surface area contributed by atoms with E-state index >= 15 is 0 Å². The molecule has 4 rings (SSSR count). The Morgan fingerprint density at radius 1 is 0.707 bits per heavy atom. The van der Waals surface area contributed by atoms with E-state index < -0.39 is 110 Å². The second-order valence-electron chi connectivity index (χ2n) is 20.3. The first-order chi connectivity index (χ1) is 38.5. The highest BCUT2D eigenvalue weighted by Crippen LogP contribution is 2.21. The number of carboxylic acid groups (broad SMARTS) is 1. The van der Waals surface area contributed by atoms with Crippen LogP contribution in [0, 0.1) is 13.8 Å². The summed E-state index contributed by atoms with van der Waals surface area (Å²) in [5.74, 6) is -5.40. The maximum Gasteiger partial charge on any atom is 0.408 e. The van der Waals surface area contributed by atoms with Gasteiger partial charge in [0.2, 0.25) is 35.5 Å². The van der Waals surface area contributed by atoms with Crippen molar-refractivity contribution < 1.29 is 65.0 Å². The number of carbonyl (C=O) groups excluding carboxylic acids is 6. The van der Waals surface area contributed by atoms with Crippen LogP contribution in [0.4, 0.5) is 9.59 Å². The fourth-order valence-electron chi connectivity index (χ4n) is 8.04. The van der Waals surface area contributed by atoms with Gasteiger partial charge >= 0.3 is 18.2 Å². The van der Waals surface area contributed by atoms with Gasteiger partial charge in [0.15, 0.2) is 0 Å². The molecule has 450 valence electrons. The lowest BCUT2D eigenvalue weighted by Crippen LogP contribution is -2.58. The molecule has 1 saturated heterocycles. The fraction of sp³-hybridized carbons (Fsp3) is 0.491. The predicted molar refractivity (Wildman–Crippen MR) is 305 cm³/mol. The minimum atomic E-state index is -4.11. The first kappa shape index (κ1) is 66.8. The van der Waals surface area contributed by atoms with Gasteiger partial charge in [0.05, 0.1) is 9.79 Å². The van der Waals surface area contributed by atoms with E-state index in [-0.39, 0.29) is 87.5 Å². The molecule has 0 saturated carbocycles. The first-order valence-electron chi connectivity index (χ1n) is 26.4. The van der Waals surface area contributed by atoms with Gasteiger partial charge in [-0.25, -0.2) is 40.7 Å². The zero-order valence-corrected chi connectivity index (χ0v) is 49.0. The minimum absolute atomic E-state index is 0.0144. The van der Waals surface area contributed by atoms with Crippen LogP contribution in [-0.2, 0) is 60.1 Å². The molecule has 82 heavy (non-hydrogen) atoms. The Bertz CT molecular complexity index is 3000. The molecule has 3 aromatic carbocycles.